The van der Waals surface area contributed by atoms with Crippen LogP contribution in [-0.4, -0.2) is 31.4 Å². The Kier molecular flexibility index (Phi) is 3.42. The monoisotopic (exact) mass is 312 g/mol. The summed E-state index contributed by atoms with van der Waals surface area (Å²) in [5, 5.41) is 2.74. The molecule has 1 aliphatic rings. The number of primary amides is 1. The highest BCUT2D eigenvalue weighted by atomic mass is 79.9. The molecule has 1 aromatic carbocycles. The van der Waals surface area contributed by atoms with Crippen LogP contribution in [0.1, 0.15) is 10.4 Å². The number of halogens is 1. The van der Waals surface area contributed by atoms with E-state index >= 15 is 0 Å². The lowest BCUT2D eigenvalue weighted by molar-refractivity contribution is -0.120. The molecule has 0 spiro atoms. The Morgan fingerprint density at radius 1 is 1.44 bits per heavy atom. The lowest BCUT2D eigenvalue weighted by atomic mass is 10.1. The average molecular weight is 313 g/mol. The summed E-state index contributed by atoms with van der Waals surface area (Å²) in [5.74, 6) is -0.631. The summed E-state index contributed by atoms with van der Waals surface area (Å²) in [7, 11) is 0. The number of piperazine rings is 1. The number of carbonyl (C=O) groups excluding carboxylic acids is 2. The molecule has 0 aromatic heterocycles. The molecule has 0 unspecified atom stereocenters. The Labute approximate surface area is 112 Å². The lowest BCUT2D eigenvalue weighted by Gasteiger charge is -2.29. The number of nitrogens with two attached hydrogens (primary N) is 2. The van der Waals surface area contributed by atoms with Crippen LogP contribution in [0.15, 0.2) is 16.6 Å². The van der Waals surface area contributed by atoms with E-state index in [0.29, 0.717) is 18.8 Å². The standard InChI is InChI=1S/C11H13BrN4O2/c12-7-4-8(13)6(11(14)18)3-9(7)16-2-1-15-10(17)5-16/h3-4H,1-2,5,13H2,(H2,14,18)(H,15,17). The quantitative estimate of drug-likeness (QED) is 0.672. The molecular weight excluding hydrogens is 300 g/mol. The van der Waals surface area contributed by atoms with Crippen LogP contribution in [0.4, 0.5) is 11.4 Å². The van der Waals surface area contributed by atoms with Gasteiger partial charge in [-0.1, -0.05) is 0 Å². The molecule has 6 nitrogen and oxygen atoms in total. The Balaban J connectivity index is 2.40. The molecule has 1 saturated heterocycles. The summed E-state index contributed by atoms with van der Waals surface area (Å²) in [5.41, 5.74) is 12.3. The highest BCUT2D eigenvalue weighted by molar-refractivity contribution is 9.10. The van der Waals surface area contributed by atoms with E-state index in [-0.39, 0.29) is 18.0 Å². The van der Waals surface area contributed by atoms with Crippen LogP contribution in [0.3, 0.4) is 0 Å². The van der Waals surface area contributed by atoms with Gasteiger partial charge in [0.15, 0.2) is 0 Å². The molecule has 1 fully saturated rings. The van der Waals surface area contributed by atoms with Crippen LogP contribution in [0.5, 0.6) is 0 Å². The van der Waals surface area contributed by atoms with Crippen LogP contribution in [0, 0.1) is 0 Å². The van der Waals surface area contributed by atoms with Gasteiger partial charge >= 0.3 is 0 Å². The Hall–Kier alpha value is -1.76. The van der Waals surface area contributed by atoms with Crippen molar-refractivity contribution < 1.29 is 9.59 Å². The topological polar surface area (TPSA) is 101 Å². The number of nitrogens with one attached hydrogen (secondary N) is 1. The molecule has 0 atom stereocenters. The third kappa shape index (κ3) is 2.40. The zero-order chi connectivity index (χ0) is 13.3. The minimum Gasteiger partial charge on any atom is -0.398 e. The summed E-state index contributed by atoms with van der Waals surface area (Å²) in [6.07, 6.45) is 0. The first-order valence-electron chi connectivity index (χ1n) is 5.39. The van der Waals surface area contributed by atoms with E-state index in [1.54, 1.807) is 12.1 Å². The van der Waals surface area contributed by atoms with E-state index in [4.69, 9.17) is 11.5 Å². The van der Waals surface area contributed by atoms with Crippen molar-refractivity contribution in [2.24, 2.45) is 5.73 Å². The number of rotatable bonds is 2. The maximum Gasteiger partial charge on any atom is 0.250 e. The molecule has 7 heteroatoms. The summed E-state index contributed by atoms with van der Waals surface area (Å²) < 4.78 is 0.736. The first-order chi connectivity index (χ1) is 8.49. The molecular formula is C11H13BrN4O2. The highest BCUT2D eigenvalue weighted by Crippen LogP contribution is 2.31. The molecule has 1 heterocycles. The van der Waals surface area contributed by atoms with Crippen LogP contribution < -0.4 is 21.7 Å². The normalized spacial score (nSPS) is 15.4. The predicted octanol–water partition coefficient (Wildman–Crippen LogP) is 0.0664. The number of benzene rings is 1. The second-order valence-corrected chi connectivity index (χ2v) is 4.88. The van der Waals surface area contributed by atoms with Gasteiger partial charge in [-0.3, -0.25) is 9.59 Å². The fourth-order valence-electron chi connectivity index (χ4n) is 1.88. The van der Waals surface area contributed by atoms with Crippen molar-refractivity contribution in [1.82, 2.24) is 5.32 Å². The van der Waals surface area contributed by atoms with Gasteiger partial charge in [-0.05, 0) is 28.1 Å². The molecule has 0 radical (unpaired) electrons. The van der Waals surface area contributed by atoms with Gasteiger partial charge in [-0.2, -0.15) is 0 Å². The number of carbonyl (C=O) groups is 2. The van der Waals surface area contributed by atoms with Crippen LogP contribution >= 0.6 is 15.9 Å². The Morgan fingerprint density at radius 2 is 2.17 bits per heavy atom. The summed E-state index contributed by atoms with van der Waals surface area (Å²) in [6.45, 7) is 1.49. The van der Waals surface area contributed by atoms with E-state index in [1.807, 2.05) is 4.90 Å². The second-order valence-electron chi connectivity index (χ2n) is 4.03. The largest absolute Gasteiger partial charge is 0.398 e. The van der Waals surface area contributed by atoms with Crippen LogP contribution in [-0.2, 0) is 4.79 Å². The van der Waals surface area contributed by atoms with Crippen molar-refractivity contribution in [3.05, 3.63) is 22.2 Å². The molecule has 5 N–H and O–H groups in total. The van der Waals surface area contributed by atoms with Gasteiger partial charge < -0.3 is 21.7 Å². The van der Waals surface area contributed by atoms with E-state index < -0.39 is 5.91 Å². The van der Waals surface area contributed by atoms with E-state index in [2.05, 4.69) is 21.2 Å². The average Bonchev–Trinajstić information content (AvgIpc) is 2.28. The molecule has 96 valence electrons. The molecule has 0 saturated carbocycles. The molecule has 0 bridgehead atoms. The minimum absolute atomic E-state index is 0.0504. The first kappa shape index (κ1) is 12.7. The zero-order valence-electron chi connectivity index (χ0n) is 9.57. The van der Waals surface area contributed by atoms with Crippen molar-refractivity contribution in [3.63, 3.8) is 0 Å². The number of nitrogen functional groups attached to an aromatic ring is 1. The van der Waals surface area contributed by atoms with Crippen LogP contribution in [0.25, 0.3) is 0 Å². The molecule has 2 amide bonds. The molecule has 18 heavy (non-hydrogen) atoms. The molecule has 1 aliphatic heterocycles. The van der Waals surface area contributed by atoms with Gasteiger partial charge in [0.1, 0.15) is 0 Å². The highest BCUT2D eigenvalue weighted by Gasteiger charge is 2.20. The van der Waals surface area contributed by atoms with Crippen molar-refractivity contribution in [2.45, 2.75) is 0 Å². The molecule has 0 aliphatic carbocycles. The number of anilines is 2. The van der Waals surface area contributed by atoms with Crippen LogP contribution in [0.2, 0.25) is 0 Å². The zero-order valence-corrected chi connectivity index (χ0v) is 11.2. The van der Waals surface area contributed by atoms with Gasteiger partial charge in [0.05, 0.1) is 17.8 Å². The fraction of sp³-hybridized carbons (Fsp3) is 0.273. The van der Waals surface area contributed by atoms with Gasteiger partial charge in [0.2, 0.25) is 5.91 Å². The Bertz CT molecular complexity index is 518. The first-order valence-corrected chi connectivity index (χ1v) is 6.19. The predicted molar refractivity (Wildman–Crippen MR) is 72.3 cm³/mol. The SMILES string of the molecule is NC(=O)c1cc(N2CCNC(=O)C2)c(Br)cc1N. The molecule has 2 rings (SSSR count). The Morgan fingerprint density at radius 3 is 2.78 bits per heavy atom. The van der Waals surface area contributed by atoms with Crippen molar-refractivity contribution >= 4 is 39.1 Å². The lowest BCUT2D eigenvalue weighted by Crippen LogP contribution is -2.47. The third-order valence-electron chi connectivity index (χ3n) is 2.76. The van der Waals surface area contributed by atoms with E-state index in [9.17, 15) is 9.59 Å². The summed E-state index contributed by atoms with van der Waals surface area (Å²) in [4.78, 5) is 24.5. The van der Waals surface area contributed by atoms with E-state index in [0.717, 1.165) is 10.2 Å². The van der Waals surface area contributed by atoms with Gasteiger partial charge in [0.25, 0.3) is 5.91 Å². The summed E-state index contributed by atoms with van der Waals surface area (Å²) >= 11 is 3.38. The fourth-order valence-corrected chi connectivity index (χ4v) is 2.49. The van der Waals surface area contributed by atoms with Gasteiger partial charge in [0, 0.05) is 23.2 Å². The number of nitrogens with zero attached hydrogens (tertiary/aromatic N) is 1. The molecule has 1 aromatic rings. The minimum atomic E-state index is -0.581. The van der Waals surface area contributed by atoms with Crippen molar-refractivity contribution in [1.29, 1.82) is 0 Å². The van der Waals surface area contributed by atoms with E-state index in [1.165, 1.54) is 0 Å². The number of hydrogen-bond acceptors (Lipinski definition) is 4. The number of amides is 2. The maximum absolute atomic E-state index is 11.4. The number of hydrogen-bond donors (Lipinski definition) is 3. The van der Waals surface area contributed by atoms with Gasteiger partial charge in [-0.15, -0.1) is 0 Å². The third-order valence-corrected chi connectivity index (χ3v) is 3.40. The maximum atomic E-state index is 11.4. The van der Waals surface area contributed by atoms with Crippen molar-refractivity contribution in [2.75, 3.05) is 30.3 Å². The summed E-state index contributed by atoms with van der Waals surface area (Å²) in [6, 6.07) is 3.24. The van der Waals surface area contributed by atoms with Crippen molar-refractivity contribution in [3.8, 4) is 0 Å². The van der Waals surface area contributed by atoms with Gasteiger partial charge in [-0.25, -0.2) is 0 Å². The second kappa shape index (κ2) is 4.85. The smallest absolute Gasteiger partial charge is 0.250 e.